The Hall–Kier alpha value is -2.04. The van der Waals surface area contributed by atoms with Crippen LogP contribution in [0, 0.1) is 0 Å². The molecule has 1 aromatic rings. The number of carbonyl (C=O) groups excluding carboxylic acids is 1. The molecule has 108 valence electrons. The molecule has 1 aromatic carbocycles. The summed E-state index contributed by atoms with van der Waals surface area (Å²) >= 11 is 0. The lowest BCUT2D eigenvalue weighted by Gasteiger charge is -2.33. The number of carboxylic acid groups (broad SMARTS) is 1. The van der Waals surface area contributed by atoms with Gasteiger partial charge in [0.15, 0.2) is 0 Å². The highest BCUT2D eigenvalue weighted by molar-refractivity contribution is 5.81. The quantitative estimate of drug-likeness (QED) is 0.858. The molecular weight excluding hydrogens is 258 g/mol. The second-order valence-corrected chi connectivity index (χ2v) is 4.92. The molecule has 1 heterocycles. The van der Waals surface area contributed by atoms with Crippen molar-refractivity contribution < 1.29 is 19.4 Å². The van der Waals surface area contributed by atoms with Crippen LogP contribution >= 0.6 is 0 Å². The minimum Gasteiger partial charge on any atom is -0.480 e. The van der Waals surface area contributed by atoms with Crippen molar-refractivity contribution in [2.45, 2.75) is 38.8 Å². The van der Waals surface area contributed by atoms with E-state index in [4.69, 9.17) is 4.74 Å². The summed E-state index contributed by atoms with van der Waals surface area (Å²) in [6.45, 7) is 2.63. The molecule has 0 aromatic heterocycles. The van der Waals surface area contributed by atoms with Crippen LogP contribution in [0.1, 0.15) is 30.9 Å². The Bertz CT molecular complexity index is 500. The first-order valence-electron chi connectivity index (χ1n) is 6.86. The zero-order valence-electron chi connectivity index (χ0n) is 11.5. The molecule has 5 nitrogen and oxygen atoms in total. The van der Waals surface area contributed by atoms with Crippen molar-refractivity contribution in [1.29, 1.82) is 0 Å². The zero-order valence-corrected chi connectivity index (χ0v) is 11.5. The molecule has 0 aliphatic carbocycles. The van der Waals surface area contributed by atoms with Crippen molar-refractivity contribution in [3.8, 4) is 0 Å². The number of unbranched alkanes of at least 4 members (excludes halogenated alkanes) is 1. The van der Waals surface area contributed by atoms with E-state index in [-0.39, 0.29) is 6.54 Å². The molecule has 20 heavy (non-hydrogen) atoms. The number of carboxylic acids is 1. The largest absolute Gasteiger partial charge is 0.480 e. The van der Waals surface area contributed by atoms with E-state index in [1.807, 2.05) is 31.2 Å². The van der Waals surface area contributed by atoms with E-state index in [9.17, 15) is 14.7 Å². The first-order chi connectivity index (χ1) is 9.63. The second kappa shape index (κ2) is 6.41. The van der Waals surface area contributed by atoms with Gasteiger partial charge in [0, 0.05) is 6.42 Å². The number of rotatable bonds is 4. The Morgan fingerprint density at radius 3 is 2.70 bits per heavy atom. The summed E-state index contributed by atoms with van der Waals surface area (Å²) in [7, 11) is 0. The monoisotopic (exact) mass is 277 g/mol. The number of benzene rings is 1. The number of aliphatic carboxylic acids is 1. The SMILES string of the molecule is CCCCOC(=O)N1Cc2ccccc2CC1C(=O)O. The van der Waals surface area contributed by atoms with Crippen molar-refractivity contribution in [3.05, 3.63) is 35.4 Å². The Balaban J connectivity index is 2.13. The van der Waals surface area contributed by atoms with Gasteiger partial charge in [0.2, 0.25) is 0 Å². The number of fused-ring (bicyclic) bond motifs is 1. The molecule has 0 saturated carbocycles. The fourth-order valence-corrected chi connectivity index (χ4v) is 2.32. The summed E-state index contributed by atoms with van der Waals surface area (Å²) in [4.78, 5) is 24.7. The molecule has 1 atom stereocenters. The summed E-state index contributed by atoms with van der Waals surface area (Å²) in [5.41, 5.74) is 1.97. The zero-order chi connectivity index (χ0) is 14.5. The Morgan fingerprint density at radius 2 is 2.05 bits per heavy atom. The van der Waals surface area contributed by atoms with Crippen LogP contribution in [0.3, 0.4) is 0 Å². The first kappa shape index (κ1) is 14.4. The average molecular weight is 277 g/mol. The maximum Gasteiger partial charge on any atom is 0.410 e. The summed E-state index contributed by atoms with van der Waals surface area (Å²) in [6.07, 6.45) is 1.50. The van der Waals surface area contributed by atoms with Gasteiger partial charge in [0.05, 0.1) is 13.2 Å². The Kier molecular flexibility index (Phi) is 4.61. The van der Waals surface area contributed by atoms with E-state index in [0.29, 0.717) is 13.0 Å². The third-order valence-electron chi connectivity index (χ3n) is 3.49. The number of ether oxygens (including phenoxy) is 1. The van der Waals surface area contributed by atoms with Crippen molar-refractivity contribution >= 4 is 12.1 Å². The van der Waals surface area contributed by atoms with E-state index in [0.717, 1.165) is 24.0 Å². The van der Waals surface area contributed by atoms with E-state index < -0.39 is 18.1 Å². The molecule has 1 amide bonds. The standard InChI is InChI=1S/C15H19NO4/c1-2-3-8-20-15(19)16-10-12-7-5-4-6-11(12)9-13(16)14(17)18/h4-7,13H,2-3,8-10H2,1H3,(H,17,18). The minimum atomic E-state index is -0.994. The number of hydrogen-bond acceptors (Lipinski definition) is 3. The van der Waals surface area contributed by atoms with Crippen molar-refractivity contribution in [3.63, 3.8) is 0 Å². The van der Waals surface area contributed by atoms with Crippen molar-refractivity contribution in [2.75, 3.05) is 6.61 Å². The van der Waals surface area contributed by atoms with E-state index in [1.54, 1.807) is 0 Å². The van der Waals surface area contributed by atoms with Gasteiger partial charge >= 0.3 is 12.1 Å². The van der Waals surface area contributed by atoms with Gasteiger partial charge in [-0.25, -0.2) is 9.59 Å². The number of nitrogens with zero attached hydrogens (tertiary/aromatic N) is 1. The van der Waals surface area contributed by atoms with Crippen LogP contribution in [-0.2, 0) is 22.5 Å². The van der Waals surface area contributed by atoms with Crippen molar-refractivity contribution in [2.24, 2.45) is 0 Å². The van der Waals surface area contributed by atoms with Crippen LogP contribution in [0.2, 0.25) is 0 Å². The fourth-order valence-electron chi connectivity index (χ4n) is 2.32. The molecule has 1 aliphatic rings. The smallest absolute Gasteiger partial charge is 0.410 e. The third-order valence-corrected chi connectivity index (χ3v) is 3.49. The summed E-state index contributed by atoms with van der Waals surface area (Å²) in [5, 5.41) is 9.31. The highest BCUT2D eigenvalue weighted by atomic mass is 16.6. The topological polar surface area (TPSA) is 66.8 Å². The molecule has 0 radical (unpaired) electrons. The highest BCUT2D eigenvalue weighted by Crippen LogP contribution is 2.24. The molecule has 1 aliphatic heterocycles. The average Bonchev–Trinajstić information content (AvgIpc) is 2.46. The van der Waals surface area contributed by atoms with Gasteiger partial charge in [-0.1, -0.05) is 37.6 Å². The minimum absolute atomic E-state index is 0.290. The van der Waals surface area contributed by atoms with Gasteiger partial charge in [0.25, 0.3) is 0 Å². The van der Waals surface area contributed by atoms with Crippen molar-refractivity contribution in [1.82, 2.24) is 4.90 Å². The lowest BCUT2D eigenvalue weighted by atomic mass is 9.94. The lowest BCUT2D eigenvalue weighted by Crippen LogP contribution is -2.48. The number of carbonyl (C=O) groups is 2. The Morgan fingerprint density at radius 1 is 1.35 bits per heavy atom. The summed E-state index contributed by atoms with van der Waals surface area (Å²) in [6, 6.07) is 6.75. The first-order valence-corrected chi connectivity index (χ1v) is 6.86. The van der Waals surface area contributed by atoms with Crippen LogP contribution in [-0.4, -0.2) is 34.7 Å². The van der Waals surface area contributed by atoms with Crippen LogP contribution in [0.5, 0.6) is 0 Å². The van der Waals surface area contributed by atoms with E-state index >= 15 is 0 Å². The number of amides is 1. The molecule has 1 N–H and O–H groups in total. The molecule has 0 fully saturated rings. The van der Waals surface area contributed by atoms with E-state index in [1.165, 1.54) is 4.90 Å². The van der Waals surface area contributed by atoms with Gasteiger partial charge in [-0.05, 0) is 17.5 Å². The molecule has 0 spiro atoms. The Labute approximate surface area is 118 Å². The predicted octanol–water partition coefficient (Wildman–Crippen LogP) is 2.43. The van der Waals surface area contributed by atoms with Gasteiger partial charge in [0.1, 0.15) is 6.04 Å². The molecular formula is C15H19NO4. The molecule has 0 bridgehead atoms. The molecule has 2 rings (SSSR count). The summed E-state index contributed by atoms with van der Waals surface area (Å²) < 4.78 is 5.14. The third kappa shape index (κ3) is 3.10. The maximum absolute atomic E-state index is 12.0. The molecule has 1 unspecified atom stereocenters. The molecule has 0 saturated heterocycles. The van der Waals surface area contributed by atoms with Gasteiger partial charge in [-0.3, -0.25) is 4.90 Å². The predicted molar refractivity (Wildman–Crippen MR) is 73.4 cm³/mol. The highest BCUT2D eigenvalue weighted by Gasteiger charge is 2.35. The number of hydrogen-bond donors (Lipinski definition) is 1. The normalized spacial score (nSPS) is 17.4. The van der Waals surface area contributed by atoms with Gasteiger partial charge in [-0.2, -0.15) is 0 Å². The van der Waals surface area contributed by atoms with Crippen LogP contribution in [0.25, 0.3) is 0 Å². The summed E-state index contributed by atoms with van der Waals surface area (Å²) in [5.74, 6) is -0.994. The van der Waals surface area contributed by atoms with Crippen LogP contribution in [0.15, 0.2) is 24.3 Å². The second-order valence-electron chi connectivity index (χ2n) is 4.92. The maximum atomic E-state index is 12.0. The van der Waals surface area contributed by atoms with E-state index in [2.05, 4.69) is 0 Å². The fraction of sp³-hybridized carbons (Fsp3) is 0.467. The van der Waals surface area contributed by atoms with Crippen LogP contribution in [0.4, 0.5) is 4.79 Å². The lowest BCUT2D eigenvalue weighted by molar-refractivity contribution is -0.143. The van der Waals surface area contributed by atoms with Gasteiger partial charge < -0.3 is 9.84 Å². The van der Waals surface area contributed by atoms with Gasteiger partial charge in [-0.15, -0.1) is 0 Å². The molecule has 5 heteroatoms. The van der Waals surface area contributed by atoms with Crippen LogP contribution < -0.4 is 0 Å².